The molecule has 2 rings (SSSR count). The molecule has 0 radical (unpaired) electrons. The van der Waals surface area contributed by atoms with Crippen LogP contribution < -0.4 is 5.32 Å². The normalized spacial score (nSPS) is 18.1. The van der Waals surface area contributed by atoms with Gasteiger partial charge < -0.3 is 0 Å². The van der Waals surface area contributed by atoms with E-state index in [4.69, 9.17) is 0 Å². The predicted molar refractivity (Wildman–Crippen MR) is 80.0 cm³/mol. The second-order valence-corrected chi connectivity index (χ2v) is 4.89. The van der Waals surface area contributed by atoms with E-state index in [9.17, 15) is 0 Å². The molecule has 3 heteroatoms. The highest BCUT2D eigenvalue weighted by atomic mass is 35.5. The Balaban J connectivity index is 0.00000162. The number of halogens is 1. The Morgan fingerprint density at radius 3 is 2.39 bits per heavy atom. The second kappa shape index (κ2) is 8.52. The molecule has 0 saturated carbocycles. The molecule has 1 aliphatic rings. The molecule has 1 aliphatic heterocycles. The molecule has 102 valence electrons. The van der Waals surface area contributed by atoms with Gasteiger partial charge in [-0.1, -0.05) is 43.7 Å². The second-order valence-electron chi connectivity index (χ2n) is 4.89. The van der Waals surface area contributed by atoms with Crippen LogP contribution in [0.25, 0.3) is 0 Å². The van der Waals surface area contributed by atoms with Gasteiger partial charge in [-0.25, -0.2) is 0 Å². The molecule has 1 aromatic rings. The van der Waals surface area contributed by atoms with Crippen molar-refractivity contribution >= 4 is 12.4 Å². The number of rotatable bonds is 5. The quantitative estimate of drug-likeness (QED) is 0.880. The first-order valence-electron chi connectivity index (χ1n) is 6.91. The molecule has 1 heterocycles. The third-order valence-electron chi connectivity index (χ3n) is 3.60. The fourth-order valence-corrected chi connectivity index (χ4v) is 2.59. The zero-order valence-corrected chi connectivity index (χ0v) is 12.1. The van der Waals surface area contributed by atoms with E-state index in [1.54, 1.807) is 0 Å². The summed E-state index contributed by atoms with van der Waals surface area (Å²) in [7, 11) is 0. The van der Waals surface area contributed by atoms with E-state index in [-0.39, 0.29) is 12.4 Å². The summed E-state index contributed by atoms with van der Waals surface area (Å²) in [4.78, 5) is 2.60. The number of likely N-dealkylation sites (tertiary alicyclic amines) is 1. The van der Waals surface area contributed by atoms with Gasteiger partial charge in [0.25, 0.3) is 0 Å². The molecule has 2 nitrogen and oxygen atoms in total. The Hall–Kier alpha value is -0.570. The van der Waals surface area contributed by atoms with Crippen LogP contribution in [0.2, 0.25) is 0 Å². The van der Waals surface area contributed by atoms with Crippen LogP contribution in [-0.4, -0.2) is 24.2 Å². The van der Waals surface area contributed by atoms with E-state index in [0.717, 1.165) is 6.54 Å². The van der Waals surface area contributed by atoms with Crippen LogP contribution in [0.15, 0.2) is 30.3 Å². The minimum atomic E-state index is 0. The van der Waals surface area contributed by atoms with Gasteiger partial charge in [-0.15, -0.1) is 12.4 Å². The highest BCUT2D eigenvalue weighted by Crippen LogP contribution is 2.13. The van der Waals surface area contributed by atoms with E-state index in [1.165, 1.54) is 44.3 Å². The molecule has 1 fully saturated rings. The molecule has 0 bridgehead atoms. The standard InChI is InChI=1S/C15H24N2.ClH/c1-2-15(17-11-7-4-8-12-17)16-13-14-9-5-3-6-10-14;/h3,5-6,9-10,15-16H,2,4,7-8,11-13H2,1H3;1H. The van der Waals surface area contributed by atoms with Crippen LogP contribution in [0.5, 0.6) is 0 Å². The number of piperidine rings is 1. The fourth-order valence-electron chi connectivity index (χ4n) is 2.59. The van der Waals surface area contributed by atoms with Gasteiger partial charge >= 0.3 is 0 Å². The maximum Gasteiger partial charge on any atom is 0.0596 e. The van der Waals surface area contributed by atoms with Crippen LogP contribution in [0.1, 0.15) is 38.2 Å². The Morgan fingerprint density at radius 2 is 1.78 bits per heavy atom. The lowest BCUT2D eigenvalue weighted by Crippen LogP contribution is -2.47. The van der Waals surface area contributed by atoms with Crippen molar-refractivity contribution < 1.29 is 0 Å². The maximum atomic E-state index is 3.68. The van der Waals surface area contributed by atoms with Gasteiger partial charge in [0, 0.05) is 6.54 Å². The average molecular weight is 269 g/mol. The molecule has 0 aliphatic carbocycles. The van der Waals surface area contributed by atoms with E-state index < -0.39 is 0 Å². The molecule has 18 heavy (non-hydrogen) atoms. The van der Waals surface area contributed by atoms with Crippen molar-refractivity contribution in [1.82, 2.24) is 10.2 Å². The van der Waals surface area contributed by atoms with Gasteiger partial charge in [0.05, 0.1) is 6.17 Å². The first-order chi connectivity index (χ1) is 8.40. The molecule has 0 aromatic heterocycles. The lowest BCUT2D eigenvalue weighted by atomic mass is 10.1. The fraction of sp³-hybridized carbons (Fsp3) is 0.600. The third-order valence-corrected chi connectivity index (χ3v) is 3.60. The molecule has 1 aromatic carbocycles. The van der Waals surface area contributed by atoms with Crippen LogP contribution >= 0.6 is 12.4 Å². The Labute approximate surface area is 117 Å². The summed E-state index contributed by atoms with van der Waals surface area (Å²) in [6.07, 6.45) is 5.88. The molecular weight excluding hydrogens is 244 g/mol. The molecule has 0 spiro atoms. The summed E-state index contributed by atoms with van der Waals surface area (Å²) in [5.41, 5.74) is 1.38. The van der Waals surface area contributed by atoms with Crippen molar-refractivity contribution in [2.24, 2.45) is 0 Å². The first-order valence-corrected chi connectivity index (χ1v) is 6.91. The Kier molecular flexibility index (Phi) is 7.33. The van der Waals surface area contributed by atoms with E-state index in [0.29, 0.717) is 6.17 Å². The predicted octanol–water partition coefficient (Wildman–Crippen LogP) is 3.42. The Bertz CT molecular complexity index is 310. The molecule has 0 amide bonds. The number of nitrogens with zero attached hydrogens (tertiary/aromatic N) is 1. The topological polar surface area (TPSA) is 15.3 Å². The summed E-state index contributed by atoms with van der Waals surface area (Å²) < 4.78 is 0. The van der Waals surface area contributed by atoms with Gasteiger partial charge in [-0.05, 0) is 37.9 Å². The van der Waals surface area contributed by atoms with Crippen molar-refractivity contribution in [3.05, 3.63) is 35.9 Å². The van der Waals surface area contributed by atoms with Gasteiger partial charge in [-0.3, -0.25) is 10.2 Å². The SMILES string of the molecule is CCC(NCc1ccccc1)N1CCCCC1.Cl. The number of benzene rings is 1. The summed E-state index contributed by atoms with van der Waals surface area (Å²) in [6.45, 7) is 5.79. The lowest BCUT2D eigenvalue weighted by molar-refractivity contribution is 0.131. The number of hydrogen-bond acceptors (Lipinski definition) is 2. The minimum Gasteiger partial charge on any atom is -0.298 e. The first kappa shape index (κ1) is 15.5. The monoisotopic (exact) mass is 268 g/mol. The van der Waals surface area contributed by atoms with Crippen molar-refractivity contribution in [3.8, 4) is 0 Å². The van der Waals surface area contributed by atoms with Gasteiger partial charge in [-0.2, -0.15) is 0 Å². The van der Waals surface area contributed by atoms with Gasteiger partial charge in [0.15, 0.2) is 0 Å². The van der Waals surface area contributed by atoms with Crippen LogP contribution in [-0.2, 0) is 6.54 Å². The average Bonchev–Trinajstić information content (AvgIpc) is 2.42. The molecule has 1 N–H and O–H groups in total. The summed E-state index contributed by atoms with van der Waals surface area (Å²) in [5, 5.41) is 3.68. The smallest absolute Gasteiger partial charge is 0.0596 e. The molecule has 1 saturated heterocycles. The zero-order valence-electron chi connectivity index (χ0n) is 11.3. The van der Waals surface area contributed by atoms with Gasteiger partial charge in [0.1, 0.15) is 0 Å². The van der Waals surface area contributed by atoms with E-state index in [2.05, 4.69) is 47.5 Å². The van der Waals surface area contributed by atoms with Crippen molar-refractivity contribution in [2.45, 2.75) is 45.3 Å². The lowest BCUT2D eigenvalue weighted by Gasteiger charge is -2.34. The minimum absolute atomic E-state index is 0. The summed E-state index contributed by atoms with van der Waals surface area (Å²) in [5.74, 6) is 0. The number of hydrogen-bond donors (Lipinski definition) is 1. The van der Waals surface area contributed by atoms with Crippen LogP contribution in [0.4, 0.5) is 0 Å². The van der Waals surface area contributed by atoms with E-state index >= 15 is 0 Å². The van der Waals surface area contributed by atoms with Crippen molar-refractivity contribution in [1.29, 1.82) is 0 Å². The largest absolute Gasteiger partial charge is 0.298 e. The van der Waals surface area contributed by atoms with Gasteiger partial charge in [0.2, 0.25) is 0 Å². The molecular formula is C15H25ClN2. The van der Waals surface area contributed by atoms with Crippen molar-refractivity contribution in [2.75, 3.05) is 13.1 Å². The van der Waals surface area contributed by atoms with Crippen LogP contribution in [0, 0.1) is 0 Å². The van der Waals surface area contributed by atoms with Crippen molar-refractivity contribution in [3.63, 3.8) is 0 Å². The Morgan fingerprint density at radius 1 is 1.11 bits per heavy atom. The molecule has 1 unspecified atom stereocenters. The van der Waals surface area contributed by atoms with Crippen LogP contribution in [0.3, 0.4) is 0 Å². The summed E-state index contributed by atoms with van der Waals surface area (Å²) >= 11 is 0. The highest BCUT2D eigenvalue weighted by Gasteiger charge is 2.18. The molecule has 1 atom stereocenters. The van der Waals surface area contributed by atoms with E-state index in [1.807, 2.05) is 0 Å². The highest BCUT2D eigenvalue weighted by molar-refractivity contribution is 5.85. The third kappa shape index (κ3) is 4.60. The number of nitrogens with one attached hydrogen (secondary N) is 1. The maximum absolute atomic E-state index is 3.68. The summed E-state index contributed by atoms with van der Waals surface area (Å²) in [6, 6.07) is 10.7. The zero-order chi connectivity index (χ0) is 11.9.